The highest BCUT2D eigenvalue weighted by Gasteiger charge is 2.34. The number of methoxy groups -OCH3 is 3. The van der Waals surface area contributed by atoms with E-state index in [-0.39, 0.29) is 51.7 Å². The van der Waals surface area contributed by atoms with Crippen molar-refractivity contribution in [2.24, 2.45) is 0 Å². The second-order valence-electron chi connectivity index (χ2n) is 8.20. The minimum atomic E-state index is -0.645. The molecule has 0 aliphatic carbocycles. The summed E-state index contributed by atoms with van der Waals surface area (Å²) in [6.45, 7) is 0. The second-order valence-corrected chi connectivity index (χ2v) is 8.20. The number of para-hydroxylation sites is 1. The van der Waals surface area contributed by atoms with E-state index in [4.69, 9.17) is 23.4 Å². The van der Waals surface area contributed by atoms with Gasteiger partial charge in [-0.15, -0.1) is 0 Å². The Morgan fingerprint density at radius 2 is 1.56 bits per heavy atom. The molecule has 1 aliphatic rings. The van der Waals surface area contributed by atoms with Crippen molar-refractivity contribution in [2.75, 3.05) is 21.3 Å². The topological polar surface area (TPSA) is 125 Å². The lowest BCUT2D eigenvalue weighted by atomic mass is 9.84. The van der Waals surface area contributed by atoms with Crippen molar-refractivity contribution in [1.29, 1.82) is 0 Å². The van der Waals surface area contributed by atoms with Gasteiger partial charge in [-0.25, -0.2) is 0 Å². The number of ether oxygens (including phenoxy) is 4. The third-order valence-electron chi connectivity index (χ3n) is 6.27. The zero-order valence-corrected chi connectivity index (χ0v) is 19.7. The minimum absolute atomic E-state index is 0.0576. The molecule has 2 heterocycles. The summed E-state index contributed by atoms with van der Waals surface area (Å²) in [6, 6.07) is 11.3. The van der Waals surface area contributed by atoms with Gasteiger partial charge in [-0.05, 0) is 23.8 Å². The first-order valence-electron chi connectivity index (χ1n) is 11.0. The maximum atomic E-state index is 13.6. The lowest BCUT2D eigenvalue weighted by Gasteiger charge is -2.26. The summed E-state index contributed by atoms with van der Waals surface area (Å²) in [4.78, 5) is 26.1. The fourth-order valence-corrected chi connectivity index (χ4v) is 4.58. The molecule has 9 nitrogen and oxygen atoms in total. The molecule has 0 bridgehead atoms. The van der Waals surface area contributed by atoms with E-state index < -0.39 is 17.3 Å². The highest BCUT2D eigenvalue weighted by atomic mass is 16.5. The van der Waals surface area contributed by atoms with Gasteiger partial charge in [0.25, 0.3) is 0 Å². The second kappa shape index (κ2) is 8.84. The van der Waals surface area contributed by atoms with Crippen LogP contribution < -0.4 is 24.4 Å². The third-order valence-corrected chi connectivity index (χ3v) is 6.27. The normalized spacial score (nSPS) is 14.8. The van der Waals surface area contributed by atoms with Gasteiger partial charge in [0.15, 0.2) is 11.5 Å². The molecule has 4 aromatic rings. The zero-order chi connectivity index (χ0) is 25.6. The molecule has 1 aromatic heterocycles. The highest BCUT2D eigenvalue weighted by molar-refractivity contribution is 5.94. The Hall–Kier alpha value is -4.66. The van der Waals surface area contributed by atoms with Crippen molar-refractivity contribution in [3.63, 3.8) is 0 Å². The van der Waals surface area contributed by atoms with Gasteiger partial charge in [0.2, 0.25) is 11.2 Å². The van der Waals surface area contributed by atoms with E-state index in [1.165, 1.54) is 33.7 Å². The molecule has 0 fully saturated rings. The number of hydrogen-bond acceptors (Lipinski definition) is 9. The number of rotatable bonds is 5. The molecule has 36 heavy (non-hydrogen) atoms. The molecule has 0 saturated heterocycles. The monoisotopic (exact) mass is 490 g/mol. The summed E-state index contributed by atoms with van der Waals surface area (Å²) in [6.07, 6.45) is 1.22. The smallest absolute Gasteiger partial charge is 0.312 e. The van der Waals surface area contributed by atoms with Crippen LogP contribution in [-0.2, 0) is 4.79 Å². The summed E-state index contributed by atoms with van der Waals surface area (Å²) in [5.41, 5.74) is 1.27. The molecule has 3 aromatic carbocycles. The van der Waals surface area contributed by atoms with E-state index in [0.717, 1.165) is 0 Å². The van der Waals surface area contributed by atoms with E-state index in [9.17, 15) is 19.8 Å². The Labute approximate surface area is 205 Å². The van der Waals surface area contributed by atoms with Crippen molar-refractivity contribution in [2.45, 2.75) is 12.3 Å². The number of aromatic hydroxyl groups is 2. The van der Waals surface area contributed by atoms with Crippen LogP contribution in [0.4, 0.5) is 0 Å². The van der Waals surface area contributed by atoms with E-state index in [1.54, 1.807) is 36.4 Å². The van der Waals surface area contributed by atoms with Crippen LogP contribution in [-0.4, -0.2) is 37.5 Å². The van der Waals surface area contributed by atoms with Crippen LogP contribution in [0.25, 0.3) is 22.1 Å². The number of hydrogen-bond donors (Lipinski definition) is 2. The molecule has 184 valence electrons. The number of esters is 1. The van der Waals surface area contributed by atoms with Gasteiger partial charge in [0.05, 0.1) is 33.3 Å². The Morgan fingerprint density at radius 1 is 0.889 bits per heavy atom. The van der Waals surface area contributed by atoms with E-state index in [2.05, 4.69) is 0 Å². The van der Waals surface area contributed by atoms with Crippen molar-refractivity contribution >= 4 is 16.9 Å². The number of carbonyl (C=O) groups excluding carboxylic acids is 1. The first kappa shape index (κ1) is 23.1. The summed E-state index contributed by atoms with van der Waals surface area (Å²) in [5.74, 6) is -0.925. The van der Waals surface area contributed by atoms with Gasteiger partial charge < -0.3 is 33.6 Å². The Kier molecular flexibility index (Phi) is 5.68. The van der Waals surface area contributed by atoms with Gasteiger partial charge in [-0.2, -0.15) is 0 Å². The Bertz CT molecular complexity index is 1540. The van der Waals surface area contributed by atoms with Crippen LogP contribution in [0.3, 0.4) is 0 Å². The molecule has 0 radical (unpaired) electrons. The molecule has 0 unspecified atom stereocenters. The molecule has 1 atom stereocenters. The van der Waals surface area contributed by atoms with E-state index >= 15 is 0 Å². The van der Waals surface area contributed by atoms with Gasteiger partial charge in [-0.1, -0.05) is 18.2 Å². The average molecular weight is 490 g/mol. The van der Waals surface area contributed by atoms with Gasteiger partial charge >= 0.3 is 5.97 Å². The van der Waals surface area contributed by atoms with Crippen LogP contribution in [0.1, 0.15) is 23.5 Å². The number of benzene rings is 3. The van der Waals surface area contributed by atoms with Crippen molar-refractivity contribution in [3.05, 3.63) is 70.1 Å². The van der Waals surface area contributed by atoms with Crippen LogP contribution in [0, 0.1) is 0 Å². The third kappa shape index (κ3) is 3.56. The number of phenols is 2. The van der Waals surface area contributed by atoms with Crippen LogP contribution in [0.15, 0.2) is 57.9 Å². The first-order valence-corrected chi connectivity index (χ1v) is 11.0. The summed E-state index contributed by atoms with van der Waals surface area (Å²) in [5, 5.41) is 21.1. The molecule has 2 N–H and O–H groups in total. The van der Waals surface area contributed by atoms with E-state index in [1.807, 2.05) is 0 Å². The molecular weight excluding hydrogens is 468 g/mol. The minimum Gasteiger partial charge on any atom is -0.507 e. The quantitative estimate of drug-likeness (QED) is 0.310. The predicted octanol–water partition coefficient (Wildman–Crippen LogP) is 4.34. The predicted molar refractivity (Wildman–Crippen MR) is 129 cm³/mol. The van der Waals surface area contributed by atoms with Crippen molar-refractivity contribution in [3.8, 4) is 45.6 Å². The molecule has 0 saturated carbocycles. The molecule has 9 heteroatoms. The highest BCUT2D eigenvalue weighted by Crippen LogP contribution is 2.48. The van der Waals surface area contributed by atoms with Crippen molar-refractivity contribution in [1.82, 2.24) is 0 Å². The zero-order valence-electron chi connectivity index (χ0n) is 19.7. The van der Waals surface area contributed by atoms with Gasteiger partial charge in [0.1, 0.15) is 34.5 Å². The number of fused-ring (bicyclic) bond motifs is 3. The van der Waals surface area contributed by atoms with Gasteiger partial charge in [0, 0.05) is 23.1 Å². The van der Waals surface area contributed by atoms with Crippen molar-refractivity contribution < 1.29 is 38.4 Å². The van der Waals surface area contributed by atoms with Crippen LogP contribution in [0.5, 0.6) is 34.5 Å². The molecule has 0 spiro atoms. The van der Waals surface area contributed by atoms with E-state index in [0.29, 0.717) is 22.4 Å². The largest absolute Gasteiger partial charge is 0.507 e. The summed E-state index contributed by atoms with van der Waals surface area (Å²) >= 11 is 0. The molecule has 0 amide bonds. The fraction of sp³-hybridized carbons (Fsp3) is 0.185. The molecular formula is C27H22O9. The number of carbonyl (C=O) groups is 1. The average Bonchev–Trinajstić information content (AvgIpc) is 2.88. The van der Waals surface area contributed by atoms with Crippen LogP contribution in [0.2, 0.25) is 0 Å². The Morgan fingerprint density at radius 3 is 2.22 bits per heavy atom. The maximum Gasteiger partial charge on any atom is 0.312 e. The molecule has 5 rings (SSSR count). The number of phenolic OH excluding ortho intramolecular Hbond substituents is 2. The first-order chi connectivity index (χ1) is 17.4. The van der Waals surface area contributed by atoms with Crippen LogP contribution >= 0.6 is 0 Å². The lowest BCUT2D eigenvalue weighted by Crippen LogP contribution is -2.22. The fourth-order valence-electron chi connectivity index (χ4n) is 4.58. The SMILES string of the molecule is COc1ccccc1-c1coc2c3c(cc(O)c2c1=O)OC(=O)C[C@H]3c1cc(OC)c(O)c(OC)c1. The lowest BCUT2D eigenvalue weighted by molar-refractivity contribution is -0.135. The maximum absolute atomic E-state index is 13.6. The standard InChI is InChI=1S/C27H22O9/c1-32-18-7-5-4-6-14(18)16-12-35-27-23-15(13-8-20(33-2)26(31)21(9-13)34-3)10-22(29)36-19(23)11-17(28)24(27)25(16)30/h4-9,11-12,15,28,31H,10H2,1-3H3/t15-/m0/s1. The summed E-state index contributed by atoms with van der Waals surface area (Å²) < 4.78 is 27.3. The van der Waals surface area contributed by atoms with Gasteiger partial charge in [-0.3, -0.25) is 9.59 Å². The summed E-state index contributed by atoms with van der Waals surface area (Å²) in [7, 11) is 4.29. The Balaban J connectivity index is 1.79. The molecule has 1 aliphatic heterocycles.